The monoisotopic (exact) mass is 299 g/mol. The summed E-state index contributed by atoms with van der Waals surface area (Å²) in [5, 5.41) is 13.1. The van der Waals surface area contributed by atoms with Gasteiger partial charge in [0.1, 0.15) is 5.84 Å². The number of pyridine rings is 1. The highest BCUT2D eigenvalue weighted by Gasteiger charge is 2.35. The molecule has 104 valence electrons. The highest BCUT2D eigenvalue weighted by Crippen LogP contribution is 2.31. The van der Waals surface area contributed by atoms with E-state index in [-0.39, 0.29) is 5.84 Å². The van der Waals surface area contributed by atoms with Gasteiger partial charge < -0.3 is 5.32 Å². The lowest BCUT2D eigenvalue weighted by molar-refractivity contribution is -0.138. The number of carbonyl (C=O) groups excluding carboxylic acids is 1. The molecule has 0 aliphatic heterocycles. The van der Waals surface area contributed by atoms with Gasteiger partial charge in [-0.05, 0) is 17.5 Å². The second-order valence-corrected chi connectivity index (χ2v) is 4.54. The smallest absolute Gasteiger partial charge is 0.306 e. The maximum atomic E-state index is 12.8. The van der Waals surface area contributed by atoms with Crippen LogP contribution in [-0.4, -0.2) is 16.7 Å². The van der Waals surface area contributed by atoms with Crippen LogP contribution in [0.4, 0.5) is 13.2 Å². The number of hydrogen-bond acceptors (Lipinski definition) is 4. The summed E-state index contributed by atoms with van der Waals surface area (Å²) in [6.45, 7) is 0. The molecule has 0 bridgehead atoms. The Morgan fingerprint density at radius 1 is 1.35 bits per heavy atom. The number of rotatable bonds is 2. The van der Waals surface area contributed by atoms with Crippen molar-refractivity contribution in [3.63, 3.8) is 0 Å². The predicted octanol–water partition coefficient (Wildman–Crippen LogP) is 2.92. The number of nitrogens with one attached hydrogen (secondary N) is 2. The molecule has 0 atom stereocenters. The van der Waals surface area contributed by atoms with Crippen LogP contribution in [0.5, 0.6) is 0 Å². The van der Waals surface area contributed by atoms with Crippen LogP contribution in [0, 0.1) is 5.41 Å². The molecule has 2 aromatic rings. The highest BCUT2D eigenvalue weighted by atomic mass is 32.1. The predicted molar refractivity (Wildman–Crippen MR) is 67.9 cm³/mol. The van der Waals surface area contributed by atoms with Gasteiger partial charge in [-0.3, -0.25) is 15.2 Å². The van der Waals surface area contributed by atoms with E-state index in [9.17, 15) is 18.0 Å². The molecule has 2 N–H and O–H groups in total. The molecule has 2 aromatic heterocycles. The van der Waals surface area contributed by atoms with Crippen molar-refractivity contribution in [1.29, 1.82) is 5.41 Å². The number of carbonyl (C=O) groups is 1. The number of hydrogen-bond donors (Lipinski definition) is 2. The molecule has 2 heterocycles. The van der Waals surface area contributed by atoms with Crippen molar-refractivity contribution >= 4 is 23.1 Å². The van der Waals surface area contributed by atoms with Crippen LogP contribution in [0.15, 0.2) is 35.3 Å². The summed E-state index contributed by atoms with van der Waals surface area (Å²) in [6, 6.07) is 2.31. The fourth-order valence-electron chi connectivity index (χ4n) is 1.48. The zero-order valence-corrected chi connectivity index (χ0v) is 10.7. The average Bonchev–Trinajstić information content (AvgIpc) is 2.91. The van der Waals surface area contributed by atoms with Gasteiger partial charge in [-0.25, -0.2) is 0 Å². The van der Waals surface area contributed by atoms with Gasteiger partial charge in [0.05, 0.1) is 11.1 Å². The van der Waals surface area contributed by atoms with E-state index in [2.05, 4.69) is 10.3 Å². The maximum Gasteiger partial charge on any atom is 0.417 e. The minimum Gasteiger partial charge on any atom is -0.306 e. The number of amidine groups is 1. The zero-order chi connectivity index (χ0) is 14.8. The Balaban J connectivity index is 2.24. The van der Waals surface area contributed by atoms with Crippen LogP contribution >= 0.6 is 11.3 Å². The topological polar surface area (TPSA) is 65.8 Å². The van der Waals surface area contributed by atoms with Gasteiger partial charge in [-0.15, -0.1) is 0 Å². The third-order valence-corrected chi connectivity index (χ3v) is 3.10. The van der Waals surface area contributed by atoms with Crippen molar-refractivity contribution < 1.29 is 18.0 Å². The van der Waals surface area contributed by atoms with Crippen LogP contribution < -0.4 is 5.32 Å². The fraction of sp³-hybridized carbons (Fsp3) is 0.0833. The fourth-order valence-corrected chi connectivity index (χ4v) is 2.13. The third kappa shape index (κ3) is 3.02. The maximum absolute atomic E-state index is 12.8. The number of amides is 1. The van der Waals surface area contributed by atoms with Gasteiger partial charge in [0.15, 0.2) is 0 Å². The van der Waals surface area contributed by atoms with Crippen LogP contribution in [0.3, 0.4) is 0 Å². The first-order valence-electron chi connectivity index (χ1n) is 5.33. The van der Waals surface area contributed by atoms with Gasteiger partial charge in [0.2, 0.25) is 0 Å². The molecule has 0 aliphatic carbocycles. The Bertz CT molecular complexity index is 638. The summed E-state index contributed by atoms with van der Waals surface area (Å²) in [7, 11) is 0. The van der Waals surface area contributed by atoms with Crippen molar-refractivity contribution in [1.82, 2.24) is 10.3 Å². The first-order valence-corrected chi connectivity index (χ1v) is 6.27. The molecular formula is C12H8F3N3OS. The van der Waals surface area contributed by atoms with Crippen molar-refractivity contribution in [2.45, 2.75) is 6.18 Å². The van der Waals surface area contributed by atoms with E-state index in [1.54, 1.807) is 16.8 Å². The second-order valence-electron chi connectivity index (χ2n) is 3.76. The SMILES string of the molecule is N=C(NC(=O)c1cnccc1C(F)(F)F)c1ccsc1. The number of aromatic nitrogens is 1. The molecule has 0 radical (unpaired) electrons. The molecule has 0 unspecified atom stereocenters. The van der Waals surface area contributed by atoms with Gasteiger partial charge in [0, 0.05) is 23.3 Å². The summed E-state index contributed by atoms with van der Waals surface area (Å²) >= 11 is 1.31. The lowest BCUT2D eigenvalue weighted by Gasteiger charge is -2.12. The summed E-state index contributed by atoms with van der Waals surface area (Å²) in [5.41, 5.74) is -1.26. The second kappa shape index (κ2) is 5.41. The van der Waals surface area contributed by atoms with Crippen molar-refractivity contribution in [2.24, 2.45) is 0 Å². The Kier molecular flexibility index (Phi) is 3.84. The molecule has 2 rings (SSSR count). The van der Waals surface area contributed by atoms with Crippen LogP contribution in [0.2, 0.25) is 0 Å². The third-order valence-electron chi connectivity index (χ3n) is 2.42. The molecule has 0 saturated carbocycles. The summed E-state index contributed by atoms with van der Waals surface area (Å²) in [4.78, 5) is 15.3. The lowest BCUT2D eigenvalue weighted by Crippen LogP contribution is -2.32. The normalized spacial score (nSPS) is 11.2. The molecule has 1 amide bonds. The number of halogens is 3. The van der Waals surface area contributed by atoms with Crippen LogP contribution in [0.1, 0.15) is 21.5 Å². The number of nitrogens with zero attached hydrogens (tertiary/aromatic N) is 1. The zero-order valence-electron chi connectivity index (χ0n) is 9.86. The van der Waals surface area contributed by atoms with E-state index >= 15 is 0 Å². The van der Waals surface area contributed by atoms with Crippen LogP contribution in [0.25, 0.3) is 0 Å². The molecule has 20 heavy (non-hydrogen) atoms. The lowest BCUT2D eigenvalue weighted by atomic mass is 10.1. The summed E-state index contributed by atoms with van der Waals surface area (Å²) in [6.07, 6.45) is -2.86. The molecule has 0 spiro atoms. The van der Waals surface area contributed by atoms with E-state index in [0.29, 0.717) is 5.56 Å². The Morgan fingerprint density at radius 3 is 2.70 bits per heavy atom. The van der Waals surface area contributed by atoms with Crippen molar-refractivity contribution in [3.05, 3.63) is 52.0 Å². The number of thiophene rings is 1. The minimum absolute atomic E-state index is 0.256. The quantitative estimate of drug-likeness (QED) is 0.661. The molecule has 0 fully saturated rings. The van der Waals surface area contributed by atoms with Crippen LogP contribution in [-0.2, 0) is 6.18 Å². The minimum atomic E-state index is -4.65. The molecular weight excluding hydrogens is 291 g/mol. The van der Waals surface area contributed by atoms with E-state index in [4.69, 9.17) is 5.41 Å². The van der Waals surface area contributed by atoms with E-state index in [1.807, 2.05) is 0 Å². The molecule has 4 nitrogen and oxygen atoms in total. The highest BCUT2D eigenvalue weighted by molar-refractivity contribution is 7.08. The molecule has 0 saturated heterocycles. The van der Waals surface area contributed by atoms with E-state index in [0.717, 1.165) is 18.5 Å². The molecule has 0 aromatic carbocycles. The summed E-state index contributed by atoms with van der Waals surface area (Å²) in [5.74, 6) is -1.27. The first-order chi connectivity index (χ1) is 9.39. The Labute approximate surface area is 115 Å². The van der Waals surface area contributed by atoms with E-state index < -0.39 is 23.2 Å². The molecule has 8 heteroatoms. The van der Waals surface area contributed by atoms with Crippen molar-refractivity contribution in [3.8, 4) is 0 Å². The standard InChI is InChI=1S/C12H8F3N3OS/c13-12(14,15)9-1-3-17-5-8(9)11(19)18-10(16)7-2-4-20-6-7/h1-6H,(H2,16,18,19). The van der Waals surface area contributed by atoms with E-state index in [1.165, 1.54) is 11.3 Å². The number of alkyl halides is 3. The van der Waals surface area contributed by atoms with Gasteiger partial charge in [-0.1, -0.05) is 0 Å². The van der Waals surface area contributed by atoms with Crippen molar-refractivity contribution in [2.75, 3.05) is 0 Å². The van der Waals surface area contributed by atoms with Gasteiger partial charge in [-0.2, -0.15) is 24.5 Å². The largest absolute Gasteiger partial charge is 0.417 e. The molecule has 0 aliphatic rings. The Hall–Kier alpha value is -2.22. The first kappa shape index (κ1) is 14.2. The average molecular weight is 299 g/mol. The summed E-state index contributed by atoms with van der Waals surface area (Å²) < 4.78 is 38.3. The van der Waals surface area contributed by atoms with Gasteiger partial charge in [0.25, 0.3) is 5.91 Å². The Morgan fingerprint density at radius 2 is 2.10 bits per heavy atom. The van der Waals surface area contributed by atoms with Gasteiger partial charge >= 0.3 is 6.18 Å².